The topological polar surface area (TPSA) is 75.3 Å². The molecular formula is C21H18ClFN2O3S. The van der Waals surface area contributed by atoms with Gasteiger partial charge in [0, 0.05) is 11.3 Å². The number of sulfonamides is 1. The second-order valence-electron chi connectivity index (χ2n) is 6.56. The highest BCUT2D eigenvalue weighted by molar-refractivity contribution is 7.92. The Morgan fingerprint density at radius 3 is 2.28 bits per heavy atom. The van der Waals surface area contributed by atoms with Crippen LogP contribution in [0, 0.1) is 19.7 Å². The summed E-state index contributed by atoms with van der Waals surface area (Å²) in [7, 11) is -4.05. The number of benzene rings is 3. The quantitative estimate of drug-likeness (QED) is 0.585. The van der Waals surface area contributed by atoms with E-state index in [4.69, 9.17) is 11.6 Å². The Morgan fingerprint density at radius 2 is 1.62 bits per heavy atom. The molecule has 0 unspecified atom stereocenters. The van der Waals surface area contributed by atoms with Gasteiger partial charge in [0.05, 0.1) is 10.7 Å². The summed E-state index contributed by atoms with van der Waals surface area (Å²) < 4.78 is 41.9. The molecule has 3 aromatic carbocycles. The van der Waals surface area contributed by atoms with Gasteiger partial charge in [-0.1, -0.05) is 29.8 Å². The van der Waals surface area contributed by atoms with E-state index in [2.05, 4.69) is 10.0 Å². The van der Waals surface area contributed by atoms with Gasteiger partial charge in [-0.2, -0.15) is 0 Å². The van der Waals surface area contributed by atoms with Gasteiger partial charge in [-0.15, -0.1) is 0 Å². The van der Waals surface area contributed by atoms with Crippen LogP contribution in [0.3, 0.4) is 0 Å². The molecule has 0 saturated carbocycles. The van der Waals surface area contributed by atoms with Crippen LogP contribution in [-0.4, -0.2) is 14.3 Å². The summed E-state index contributed by atoms with van der Waals surface area (Å²) in [4.78, 5) is 12.2. The fourth-order valence-electron chi connectivity index (χ4n) is 2.85. The van der Waals surface area contributed by atoms with Crippen molar-refractivity contribution in [2.24, 2.45) is 0 Å². The first kappa shape index (κ1) is 20.8. The normalized spacial score (nSPS) is 11.2. The number of hydrogen-bond donors (Lipinski definition) is 2. The Balaban J connectivity index is 1.91. The summed E-state index contributed by atoms with van der Waals surface area (Å²) in [5, 5.41) is 2.38. The van der Waals surface area contributed by atoms with Crippen molar-refractivity contribution >= 4 is 38.9 Å². The van der Waals surface area contributed by atoms with E-state index in [0.29, 0.717) is 5.69 Å². The summed E-state index contributed by atoms with van der Waals surface area (Å²) in [5.74, 6) is -1.26. The number of carbonyl (C=O) groups is 1. The van der Waals surface area contributed by atoms with Gasteiger partial charge >= 0.3 is 0 Å². The molecule has 0 fully saturated rings. The summed E-state index contributed by atoms with van der Waals surface area (Å²) in [5.41, 5.74) is 2.20. The van der Waals surface area contributed by atoms with Crippen LogP contribution in [0.15, 0.2) is 65.6 Å². The molecule has 29 heavy (non-hydrogen) atoms. The molecule has 2 N–H and O–H groups in total. The van der Waals surface area contributed by atoms with E-state index in [-0.39, 0.29) is 21.2 Å². The maximum atomic E-state index is 13.8. The number of halogens is 2. The molecule has 0 radical (unpaired) electrons. The molecule has 5 nitrogen and oxygen atoms in total. The van der Waals surface area contributed by atoms with E-state index in [1.807, 2.05) is 19.9 Å². The van der Waals surface area contributed by atoms with E-state index in [9.17, 15) is 17.6 Å². The number of para-hydroxylation sites is 1. The molecule has 8 heteroatoms. The molecule has 0 spiro atoms. The number of carbonyl (C=O) groups excluding carboxylic acids is 1. The van der Waals surface area contributed by atoms with E-state index in [0.717, 1.165) is 17.2 Å². The second-order valence-corrected chi connectivity index (χ2v) is 8.62. The molecule has 0 saturated heterocycles. The van der Waals surface area contributed by atoms with Crippen LogP contribution in [-0.2, 0) is 10.0 Å². The lowest BCUT2D eigenvalue weighted by Crippen LogP contribution is -2.17. The SMILES string of the molecule is Cc1cc(C)cc(NS(=O)(=O)c2cc(C(=O)Nc3ccccc3F)ccc2Cl)c1. The van der Waals surface area contributed by atoms with Gasteiger partial charge in [-0.25, -0.2) is 12.8 Å². The highest BCUT2D eigenvalue weighted by Crippen LogP contribution is 2.26. The van der Waals surface area contributed by atoms with Gasteiger partial charge in [0.1, 0.15) is 10.7 Å². The maximum absolute atomic E-state index is 13.8. The monoisotopic (exact) mass is 432 g/mol. The van der Waals surface area contributed by atoms with Crippen molar-refractivity contribution in [3.05, 3.63) is 88.2 Å². The van der Waals surface area contributed by atoms with E-state index in [1.54, 1.807) is 18.2 Å². The minimum atomic E-state index is -4.05. The lowest BCUT2D eigenvalue weighted by Gasteiger charge is -2.12. The van der Waals surface area contributed by atoms with Crippen LogP contribution in [0.2, 0.25) is 5.02 Å². The fourth-order valence-corrected chi connectivity index (χ4v) is 4.42. The molecule has 0 aliphatic rings. The van der Waals surface area contributed by atoms with E-state index in [1.165, 1.54) is 30.3 Å². The molecule has 3 rings (SSSR count). The Kier molecular flexibility index (Phi) is 5.91. The average Bonchev–Trinajstić information content (AvgIpc) is 2.62. The van der Waals surface area contributed by atoms with Gasteiger partial charge in [0.2, 0.25) is 0 Å². The standard InChI is InChI=1S/C21H18ClFN2O3S/c1-13-9-14(2)11-16(10-13)25-29(27,28)20-12-15(7-8-17(20)22)21(26)24-19-6-4-3-5-18(19)23/h3-12,25H,1-2H3,(H,24,26). The number of aryl methyl sites for hydroxylation is 2. The van der Waals surface area contributed by atoms with Gasteiger partial charge in [0.25, 0.3) is 15.9 Å². The molecule has 150 valence electrons. The lowest BCUT2D eigenvalue weighted by atomic mass is 10.1. The van der Waals surface area contributed by atoms with Crippen molar-refractivity contribution in [2.45, 2.75) is 18.7 Å². The first-order chi connectivity index (χ1) is 13.7. The molecule has 0 bridgehead atoms. The zero-order valence-corrected chi connectivity index (χ0v) is 17.2. The first-order valence-electron chi connectivity index (χ1n) is 8.62. The average molecular weight is 433 g/mol. The van der Waals surface area contributed by atoms with Gasteiger partial charge < -0.3 is 5.32 Å². The lowest BCUT2D eigenvalue weighted by molar-refractivity contribution is 0.102. The molecular weight excluding hydrogens is 415 g/mol. The molecule has 3 aromatic rings. The molecule has 0 aliphatic heterocycles. The molecule has 0 heterocycles. The highest BCUT2D eigenvalue weighted by atomic mass is 35.5. The van der Waals surface area contributed by atoms with Crippen molar-refractivity contribution in [2.75, 3.05) is 10.0 Å². The van der Waals surface area contributed by atoms with Crippen LogP contribution >= 0.6 is 11.6 Å². The third kappa shape index (κ3) is 4.93. The van der Waals surface area contributed by atoms with Crippen LogP contribution in [0.1, 0.15) is 21.5 Å². The van der Waals surface area contributed by atoms with E-state index >= 15 is 0 Å². The molecule has 0 atom stereocenters. The van der Waals surface area contributed by atoms with Crippen molar-refractivity contribution in [1.29, 1.82) is 0 Å². The van der Waals surface area contributed by atoms with Gasteiger partial charge in [-0.3, -0.25) is 9.52 Å². The zero-order chi connectivity index (χ0) is 21.2. The summed E-state index contributed by atoms with van der Waals surface area (Å²) >= 11 is 6.09. The summed E-state index contributed by atoms with van der Waals surface area (Å²) in [6.45, 7) is 3.71. The molecule has 1 amide bonds. The minimum Gasteiger partial charge on any atom is -0.319 e. The molecule has 0 aromatic heterocycles. The van der Waals surface area contributed by atoms with Gasteiger partial charge in [0.15, 0.2) is 0 Å². The van der Waals surface area contributed by atoms with Crippen LogP contribution in [0.5, 0.6) is 0 Å². The Bertz CT molecular complexity index is 1180. The van der Waals surface area contributed by atoms with Gasteiger partial charge in [-0.05, 0) is 67.4 Å². The number of hydrogen-bond acceptors (Lipinski definition) is 3. The number of anilines is 2. The van der Waals surface area contributed by atoms with Crippen molar-refractivity contribution in [1.82, 2.24) is 0 Å². The third-order valence-electron chi connectivity index (χ3n) is 4.08. The largest absolute Gasteiger partial charge is 0.319 e. The van der Waals surface area contributed by atoms with Crippen molar-refractivity contribution < 1.29 is 17.6 Å². The Morgan fingerprint density at radius 1 is 0.966 bits per heavy atom. The maximum Gasteiger partial charge on any atom is 0.263 e. The Hall–Kier alpha value is -2.90. The second kappa shape index (κ2) is 8.23. The zero-order valence-electron chi connectivity index (χ0n) is 15.7. The van der Waals surface area contributed by atoms with Crippen LogP contribution in [0.25, 0.3) is 0 Å². The van der Waals surface area contributed by atoms with Crippen LogP contribution < -0.4 is 10.0 Å². The predicted molar refractivity (Wildman–Crippen MR) is 113 cm³/mol. The minimum absolute atomic E-state index is 0.00906. The van der Waals surface area contributed by atoms with Crippen molar-refractivity contribution in [3.63, 3.8) is 0 Å². The summed E-state index contributed by atoms with van der Waals surface area (Å²) in [6.07, 6.45) is 0. The van der Waals surface area contributed by atoms with E-state index < -0.39 is 21.7 Å². The predicted octanol–water partition coefficient (Wildman–Crippen LogP) is 5.15. The number of amides is 1. The van der Waals surface area contributed by atoms with Crippen molar-refractivity contribution in [3.8, 4) is 0 Å². The van der Waals surface area contributed by atoms with Crippen LogP contribution in [0.4, 0.5) is 15.8 Å². The fraction of sp³-hybridized carbons (Fsp3) is 0.0952. The first-order valence-corrected chi connectivity index (χ1v) is 10.5. The third-order valence-corrected chi connectivity index (χ3v) is 5.94. The highest BCUT2D eigenvalue weighted by Gasteiger charge is 2.21. The number of nitrogens with one attached hydrogen (secondary N) is 2. The summed E-state index contributed by atoms with van der Waals surface area (Å²) in [6, 6.07) is 14.8. The Labute approximate surface area is 173 Å². The smallest absolute Gasteiger partial charge is 0.263 e. The molecule has 0 aliphatic carbocycles. The number of rotatable bonds is 5.